The highest BCUT2D eigenvalue weighted by atomic mass is 35.5. The van der Waals surface area contributed by atoms with Crippen LogP contribution in [0, 0.1) is 6.92 Å². The lowest BCUT2D eigenvalue weighted by molar-refractivity contribution is 0.328. The number of hydrogen-bond donors (Lipinski definition) is 2. The van der Waals surface area contributed by atoms with Crippen LogP contribution in [0.5, 0.6) is 0 Å². The number of benzene rings is 2. The first-order chi connectivity index (χ1) is 14.4. The maximum Gasteiger partial charge on any atom is 0.263 e. The highest BCUT2D eigenvalue weighted by molar-refractivity contribution is 7.93. The van der Waals surface area contributed by atoms with E-state index >= 15 is 0 Å². The Balaban J connectivity index is 1.38. The summed E-state index contributed by atoms with van der Waals surface area (Å²) in [6.45, 7) is 4.93. The minimum atomic E-state index is -3.76. The van der Waals surface area contributed by atoms with E-state index in [2.05, 4.69) is 55.5 Å². The molecular formula is C20H22ClN5O2S2. The van der Waals surface area contributed by atoms with Crippen molar-refractivity contribution in [1.29, 1.82) is 0 Å². The Labute approximate surface area is 185 Å². The van der Waals surface area contributed by atoms with Gasteiger partial charge in [0.1, 0.15) is 6.33 Å². The molecule has 2 aromatic carbocycles. The van der Waals surface area contributed by atoms with Gasteiger partial charge in [-0.05, 0) is 37.1 Å². The molecule has 1 saturated heterocycles. The molecule has 0 aliphatic carbocycles. The molecule has 1 aliphatic rings. The van der Waals surface area contributed by atoms with E-state index in [-0.39, 0.29) is 16.1 Å². The number of halogens is 1. The number of sulfonamides is 1. The van der Waals surface area contributed by atoms with Crippen molar-refractivity contribution in [2.45, 2.75) is 30.8 Å². The molecule has 7 nitrogen and oxygen atoms in total. The molecule has 1 atom stereocenters. The Bertz CT molecular complexity index is 1120. The lowest BCUT2D eigenvalue weighted by Gasteiger charge is -2.18. The zero-order chi connectivity index (χ0) is 21.1. The van der Waals surface area contributed by atoms with Gasteiger partial charge >= 0.3 is 0 Å². The molecule has 1 aromatic heterocycles. The molecule has 0 unspecified atom stereocenters. The molecule has 158 valence electrons. The molecule has 10 heteroatoms. The van der Waals surface area contributed by atoms with E-state index in [0.29, 0.717) is 5.02 Å². The van der Waals surface area contributed by atoms with Crippen LogP contribution >= 0.6 is 23.1 Å². The lowest BCUT2D eigenvalue weighted by Crippen LogP contribution is -2.26. The molecule has 30 heavy (non-hydrogen) atoms. The number of likely N-dealkylation sites (tertiary alicyclic amines) is 1. The Morgan fingerprint density at radius 1 is 1.27 bits per heavy atom. The van der Waals surface area contributed by atoms with Crippen LogP contribution in [0.1, 0.15) is 17.5 Å². The van der Waals surface area contributed by atoms with Crippen molar-refractivity contribution in [3.63, 3.8) is 0 Å². The van der Waals surface area contributed by atoms with Crippen molar-refractivity contribution in [2.75, 3.05) is 23.1 Å². The monoisotopic (exact) mass is 463 g/mol. The van der Waals surface area contributed by atoms with Crippen LogP contribution in [0.2, 0.25) is 5.02 Å². The van der Waals surface area contributed by atoms with Gasteiger partial charge in [0.2, 0.25) is 5.13 Å². The maximum absolute atomic E-state index is 12.5. The third-order valence-corrected chi connectivity index (χ3v) is 7.31. The second kappa shape index (κ2) is 8.89. The van der Waals surface area contributed by atoms with Crippen molar-refractivity contribution in [3.8, 4) is 0 Å². The molecule has 2 heterocycles. The summed E-state index contributed by atoms with van der Waals surface area (Å²) in [6, 6.07) is 13.5. The zero-order valence-corrected chi connectivity index (χ0v) is 18.8. The number of aryl methyl sites for hydroxylation is 1. The summed E-state index contributed by atoms with van der Waals surface area (Å²) in [5, 5.41) is 4.03. The first-order valence-electron chi connectivity index (χ1n) is 9.52. The highest BCUT2D eigenvalue weighted by Gasteiger charge is 2.24. The van der Waals surface area contributed by atoms with Crippen LogP contribution < -0.4 is 10.0 Å². The normalized spacial score (nSPS) is 17.2. The smallest absolute Gasteiger partial charge is 0.263 e. The zero-order valence-electron chi connectivity index (χ0n) is 16.4. The summed E-state index contributed by atoms with van der Waals surface area (Å²) in [5.74, 6) is 0. The van der Waals surface area contributed by atoms with Gasteiger partial charge in [0.05, 0.1) is 15.6 Å². The molecule has 3 aromatic rings. The van der Waals surface area contributed by atoms with E-state index in [4.69, 9.17) is 11.6 Å². The predicted molar refractivity (Wildman–Crippen MR) is 121 cm³/mol. The Morgan fingerprint density at radius 3 is 2.87 bits per heavy atom. The van der Waals surface area contributed by atoms with E-state index in [1.165, 1.54) is 29.6 Å². The number of nitrogens with zero attached hydrogens (tertiary/aromatic N) is 3. The summed E-state index contributed by atoms with van der Waals surface area (Å²) < 4.78 is 31.2. The van der Waals surface area contributed by atoms with Gasteiger partial charge in [-0.2, -0.15) is 4.37 Å². The van der Waals surface area contributed by atoms with E-state index < -0.39 is 10.0 Å². The van der Waals surface area contributed by atoms with E-state index in [9.17, 15) is 8.42 Å². The Kier molecular flexibility index (Phi) is 6.24. The van der Waals surface area contributed by atoms with E-state index in [1.54, 1.807) is 6.07 Å². The fraction of sp³-hybridized carbons (Fsp3) is 0.300. The first-order valence-corrected chi connectivity index (χ1v) is 12.2. The molecule has 0 saturated carbocycles. The molecule has 2 N–H and O–H groups in total. The van der Waals surface area contributed by atoms with Gasteiger partial charge in [-0.3, -0.25) is 9.62 Å². The van der Waals surface area contributed by atoms with Gasteiger partial charge in [-0.1, -0.05) is 41.4 Å². The first kappa shape index (κ1) is 21.0. The number of anilines is 2. The lowest BCUT2D eigenvalue weighted by atomic mass is 10.1. The predicted octanol–water partition coefficient (Wildman–Crippen LogP) is 3.99. The largest absolute Gasteiger partial charge is 0.380 e. The van der Waals surface area contributed by atoms with Crippen molar-refractivity contribution in [1.82, 2.24) is 14.3 Å². The molecule has 0 amide bonds. The summed E-state index contributed by atoms with van der Waals surface area (Å²) in [4.78, 5) is 6.34. The van der Waals surface area contributed by atoms with E-state index in [0.717, 1.165) is 43.3 Å². The number of nitrogens with one attached hydrogen (secondary N) is 2. The molecule has 1 fully saturated rings. The fourth-order valence-corrected chi connectivity index (χ4v) is 5.54. The average Bonchev–Trinajstić information content (AvgIpc) is 3.35. The summed E-state index contributed by atoms with van der Waals surface area (Å²) >= 11 is 7.36. The molecular weight excluding hydrogens is 442 g/mol. The fourth-order valence-electron chi connectivity index (χ4n) is 3.55. The molecule has 4 rings (SSSR count). The standard InChI is InChI=1S/C20H22ClN5O2S2/c1-14-3-2-4-15(9-14)11-26-8-7-16(12-26)24-19-6-5-17(10-18(19)21)30(27,28)25-20-22-13-23-29-20/h2-6,9-10,13,16,24H,7-8,11-12H2,1H3,(H,22,23,25)/t16-/m0/s1. The molecule has 1 aliphatic heterocycles. The van der Waals surface area contributed by atoms with Crippen molar-refractivity contribution < 1.29 is 8.42 Å². The third-order valence-electron chi connectivity index (χ3n) is 4.95. The van der Waals surface area contributed by atoms with Gasteiger partial charge in [-0.25, -0.2) is 13.4 Å². The van der Waals surface area contributed by atoms with Gasteiger partial charge < -0.3 is 5.32 Å². The van der Waals surface area contributed by atoms with Crippen molar-refractivity contribution in [3.05, 3.63) is 64.9 Å². The van der Waals surface area contributed by atoms with E-state index in [1.807, 2.05) is 0 Å². The van der Waals surface area contributed by atoms with Gasteiger partial charge in [-0.15, -0.1) is 0 Å². The molecule has 0 spiro atoms. The minimum absolute atomic E-state index is 0.0840. The van der Waals surface area contributed by atoms with Gasteiger partial charge in [0, 0.05) is 37.2 Å². The Morgan fingerprint density at radius 2 is 2.13 bits per heavy atom. The SMILES string of the molecule is Cc1cccc(CN2CC[C@H](Nc3ccc(S(=O)(=O)Nc4ncns4)cc3Cl)C2)c1. The molecule has 0 radical (unpaired) electrons. The molecule has 0 bridgehead atoms. The van der Waals surface area contributed by atoms with Crippen LogP contribution in [0.15, 0.2) is 53.7 Å². The number of hydrogen-bond acceptors (Lipinski definition) is 7. The average molecular weight is 464 g/mol. The number of aromatic nitrogens is 2. The van der Waals surface area contributed by atoms with Crippen LogP contribution in [0.4, 0.5) is 10.8 Å². The summed E-state index contributed by atoms with van der Waals surface area (Å²) in [7, 11) is -3.76. The second-order valence-electron chi connectivity index (χ2n) is 7.35. The Hall–Kier alpha value is -2.20. The summed E-state index contributed by atoms with van der Waals surface area (Å²) in [6.07, 6.45) is 2.30. The van der Waals surface area contributed by atoms with Gasteiger partial charge in [0.25, 0.3) is 10.0 Å². The second-order valence-corrected chi connectivity index (χ2v) is 10.2. The maximum atomic E-state index is 12.5. The van der Waals surface area contributed by atoms with Crippen LogP contribution in [-0.4, -0.2) is 41.8 Å². The quantitative estimate of drug-likeness (QED) is 0.551. The van der Waals surface area contributed by atoms with Crippen molar-refractivity contribution in [2.24, 2.45) is 0 Å². The van der Waals surface area contributed by atoms with Crippen LogP contribution in [0.3, 0.4) is 0 Å². The topological polar surface area (TPSA) is 87.2 Å². The third kappa shape index (κ3) is 5.10. The van der Waals surface area contributed by atoms with Crippen LogP contribution in [-0.2, 0) is 16.6 Å². The van der Waals surface area contributed by atoms with Crippen molar-refractivity contribution >= 4 is 44.0 Å². The van der Waals surface area contributed by atoms with Crippen LogP contribution in [0.25, 0.3) is 0 Å². The van der Waals surface area contributed by atoms with Gasteiger partial charge in [0.15, 0.2) is 0 Å². The summed E-state index contributed by atoms with van der Waals surface area (Å²) in [5.41, 5.74) is 3.31. The number of rotatable bonds is 7. The minimum Gasteiger partial charge on any atom is -0.380 e. The highest BCUT2D eigenvalue weighted by Crippen LogP contribution is 2.28.